The molecule has 2 rings (SSSR count). The molecule has 17 heavy (non-hydrogen) atoms. The molecular formula is C10H13ClN6. The topological polar surface area (TPSA) is 68.5 Å². The van der Waals surface area contributed by atoms with E-state index in [1.54, 1.807) is 18.9 Å². The van der Waals surface area contributed by atoms with Crippen molar-refractivity contribution >= 4 is 17.4 Å². The van der Waals surface area contributed by atoms with Crippen LogP contribution in [0, 0.1) is 0 Å². The molecule has 0 aromatic carbocycles. The molecule has 0 amide bonds. The lowest BCUT2D eigenvalue weighted by atomic mass is 10.3. The van der Waals surface area contributed by atoms with E-state index < -0.39 is 0 Å². The fourth-order valence-electron chi connectivity index (χ4n) is 1.40. The lowest BCUT2D eigenvalue weighted by Crippen LogP contribution is -2.05. The Morgan fingerprint density at radius 2 is 2.00 bits per heavy atom. The van der Waals surface area contributed by atoms with Crippen molar-refractivity contribution in [1.29, 1.82) is 0 Å². The van der Waals surface area contributed by atoms with Gasteiger partial charge in [-0.2, -0.15) is 0 Å². The van der Waals surface area contributed by atoms with E-state index in [4.69, 9.17) is 11.6 Å². The number of aromatic nitrogens is 5. The Hall–Kier alpha value is -1.69. The standard InChI is InChI=1S/C10H13ClN6/c11-9-5-12-6-10(16-9)13-3-1-2-4-17-7-14-15-8-17/h5-8H,1-4H2,(H,13,16). The Bertz CT molecular complexity index is 444. The lowest BCUT2D eigenvalue weighted by molar-refractivity contribution is 0.619. The van der Waals surface area contributed by atoms with Crippen LogP contribution in [0.2, 0.25) is 5.15 Å². The number of nitrogens with zero attached hydrogens (tertiary/aromatic N) is 5. The zero-order valence-corrected chi connectivity index (χ0v) is 10.0. The summed E-state index contributed by atoms with van der Waals surface area (Å²) in [6.07, 6.45) is 8.70. The van der Waals surface area contributed by atoms with E-state index in [0.717, 1.165) is 25.9 Å². The van der Waals surface area contributed by atoms with Gasteiger partial charge < -0.3 is 9.88 Å². The third-order valence-corrected chi connectivity index (χ3v) is 2.40. The van der Waals surface area contributed by atoms with Gasteiger partial charge in [-0.1, -0.05) is 11.6 Å². The summed E-state index contributed by atoms with van der Waals surface area (Å²) in [7, 11) is 0. The molecule has 6 nitrogen and oxygen atoms in total. The van der Waals surface area contributed by atoms with Gasteiger partial charge in [0.2, 0.25) is 0 Å². The molecule has 0 saturated heterocycles. The van der Waals surface area contributed by atoms with E-state index in [1.807, 2.05) is 4.57 Å². The number of hydrogen-bond donors (Lipinski definition) is 1. The summed E-state index contributed by atoms with van der Waals surface area (Å²) in [5, 5.41) is 11.1. The van der Waals surface area contributed by atoms with Crippen LogP contribution in [0.15, 0.2) is 25.0 Å². The van der Waals surface area contributed by atoms with E-state index in [0.29, 0.717) is 11.0 Å². The Morgan fingerprint density at radius 3 is 2.76 bits per heavy atom. The van der Waals surface area contributed by atoms with Gasteiger partial charge >= 0.3 is 0 Å². The van der Waals surface area contributed by atoms with Crippen LogP contribution in [0.4, 0.5) is 5.82 Å². The number of unbranched alkanes of at least 4 members (excludes halogenated alkanes) is 1. The summed E-state index contributed by atoms with van der Waals surface area (Å²) in [4.78, 5) is 8.03. The lowest BCUT2D eigenvalue weighted by Gasteiger charge is -2.05. The second-order valence-electron chi connectivity index (χ2n) is 3.56. The smallest absolute Gasteiger partial charge is 0.149 e. The zero-order valence-electron chi connectivity index (χ0n) is 9.25. The minimum Gasteiger partial charge on any atom is -0.369 e. The maximum absolute atomic E-state index is 5.72. The Kier molecular flexibility index (Phi) is 4.26. The predicted molar refractivity (Wildman–Crippen MR) is 64.8 cm³/mol. The van der Waals surface area contributed by atoms with Crippen molar-refractivity contribution in [2.24, 2.45) is 0 Å². The van der Waals surface area contributed by atoms with Crippen molar-refractivity contribution in [3.8, 4) is 0 Å². The van der Waals surface area contributed by atoms with E-state index in [-0.39, 0.29) is 0 Å². The monoisotopic (exact) mass is 252 g/mol. The van der Waals surface area contributed by atoms with Crippen LogP contribution in [-0.4, -0.2) is 31.3 Å². The maximum Gasteiger partial charge on any atom is 0.149 e. The van der Waals surface area contributed by atoms with E-state index in [9.17, 15) is 0 Å². The van der Waals surface area contributed by atoms with Crippen molar-refractivity contribution in [3.63, 3.8) is 0 Å². The van der Waals surface area contributed by atoms with Gasteiger partial charge in [0.25, 0.3) is 0 Å². The minimum atomic E-state index is 0.402. The van der Waals surface area contributed by atoms with Gasteiger partial charge in [0.05, 0.1) is 12.4 Å². The van der Waals surface area contributed by atoms with Crippen LogP contribution in [0.3, 0.4) is 0 Å². The molecule has 90 valence electrons. The van der Waals surface area contributed by atoms with Gasteiger partial charge in [-0.25, -0.2) is 4.98 Å². The number of hydrogen-bond acceptors (Lipinski definition) is 5. The fourth-order valence-corrected chi connectivity index (χ4v) is 1.55. The summed E-state index contributed by atoms with van der Waals surface area (Å²) in [6, 6.07) is 0. The van der Waals surface area contributed by atoms with Gasteiger partial charge in [0.15, 0.2) is 0 Å². The third-order valence-electron chi connectivity index (χ3n) is 2.22. The molecule has 0 spiro atoms. The van der Waals surface area contributed by atoms with Crippen molar-refractivity contribution < 1.29 is 0 Å². The molecule has 0 aliphatic rings. The molecule has 0 saturated carbocycles. The van der Waals surface area contributed by atoms with Crippen molar-refractivity contribution in [2.75, 3.05) is 11.9 Å². The number of anilines is 1. The Balaban J connectivity index is 1.63. The highest BCUT2D eigenvalue weighted by atomic mass is 35.5. The second kappa shape index (κ2) is 6.15. The minimum absolute atomic E-state index is 0.402. The van der Waals surface area contributed by atoms with Crippen LogP contribution in [-0.2, 0) is 6.54 Å². The summed E-state index contributed by atoms with van der Waals surface area (Å²) in [5.74, 6) is 0.710. The number of halogens is 1. The van der Waals surface area contributed by atoms with E-state index in [1.165, 1.54) is 6.20 Å². The van der Waals surface area contributed by atoms with E-state index >= 15 is 0 Å². The molecule has 0 radical (unpaired) electrons. The Labute approximate surface area is 104 Å². The summed E-state index contributed by atoms with van der Waals surface area (Å²) < 4.78 is 1.96. The van der Waals surface area contributed by atoms with Crippen LogP contribution in [0.1, 0.15) is 12.8 Å². The van der Waals surface area contributed by atoms with Crippen LogP contribution >= 0.6 is 11.6 Å². The first-order chi connectivity index (χ1) is 8.34. The summed E-state index contributed by atoms with van der Waals surface area (Å²) >= 11 is 5.72. The van der Waals surface area contributed by atoms with Gasteiger partial charge in [-0.05, 0) is 12.8 Å². The number of aryl methyl sites for hydroxylation is 1. The van der Waals surface area contributed by atoms with Gasteiger partial charge in [0.1, 0.15) is 23.6 Å². The molecule has 0 bridgehead atoms. The third kappa shape index (κ3) is 3.99. The van der Waals surface area contributed by atoms with E-state index in [2.05, 4.69) is 25.5 Å². The highest BCUT2D eigenvalue weighted by Crippen LogP contribution is 2.06. The molecule has 2 aromatic heterocycles. The van der Waals surface area contributed by atoms with Gasteiger partial charge in [-0.3, -0.25) is 4.98 Å². The largest absolute Gasteiger partial charge is 0.369 e. The Morgan fingerprint density at radius 1 is 1.18 bits per heavy atom. The van der Waals surface area contributed by atoms with Crippen LogP contribution in [0.25, 0.3) is 0 Å². The fraction of sp³-hybridized carbons (Fsp3) is 0.400. The summed E-state index contributed by atoms with van der Waals surface area (Å²) in [5.41, 5.74) is 0. The molecule has 0 aliphatic carbocycles. The van der Waals surface area contributed by atoms with Crippen molar-refractivity contribution in [1.82, 2.24) is 24.7 Å². The molecule has 0 unspecified atom stereocenters. The molecule has 2 heterocycles. The molecule has 1 N–H and O–H groups in total. The second-order valence-corrected chi connectivity index (χ2v) is 3.95. The predicted octanol–water partition coefficient (Wildman–Crippen LogP) is 1.61. The van der Waals surface area contributed by atoms with Gasteiger partial charge in [-0.15, -0.1) is 10.2 Å². The van der Waals surface area contributed by atoms with Gasteiger partial charge in [0, 0.05) is 13.1 Å². The molecule has 0 aliphatic heterocycles. The van der Waals surface area contributed by atoms with Crippen molar-refractivity contribution in [2.45, 2.75) is 19.4 Å². The SMILES string of the molecule is Clc1cncc(NCCCCn2cnnc2)n1. The zero-order chi connectivity index (χ0) is 11.9. The first-order valence-electron chi connectivity index (χ1n) is 5.38. The normalized spacial score (nSPS) is 10.4. The van der Waals surface area contributed by atoms with Crippen LogP contribution < -0.4 is 5.32 Å². The highest BCUT2D eigenvalue weighted by molar-refractivity contribution is 6.29. The first-order valence-corrected chi connectivity index (χ1v) is 5.76. The highest BCUT2D eigenvalue weighted by Gasteiger charge is 1.96. The molecular weight excluding hydrogens is 240 g/mol. The average molecular weight is 253 g/mol. The molecule has 2 aromatic rings. The number of rotatable bonds is 6. The molecule has 0 fully saturated rings. The molecule has 7 heteroatoms. The van der Waals surface area contributed by atoms with Crippen LogP contribution in [0.5, 0.6) is 0 Å². The number of nitrogens with one attached hydrogen (secondary N) is 1. The molecule has 0 atom stereocenters. The maximum atomic E-state index is 5.72. The quantitative estimate of drug-likeness (QED) is 0.791. The average Bonchev–Trinajstić information content (AvgIpc) is 2.82. The van der Waals surface area contributed by atoms with Crippen molar-refractivity contribution in [3.05, 3.63) is 30.2 Å². The first kappa shape index (κ1) is 11.8. The summed E-state index contributed by atoms with van der Waals surface area (Å²) in [6.45, 7) is 1.77.